The summed E-state index contributed by atoms with van der Waals surface area (Å²) in [6.07, 6.45) is 6.82. The number of ether oxygens (including phenoxy) is 1. The number of nitrogens with zero attached hydrogens (tertiary/aromatic N) is 3. The summed E-state index contributed by atoms with van der Waals surface area (Å²) in [5, 5.41) is 3.10. The number of anilines is 1. The SMILES string of the molecule is CNc1nccnc1CC1CCCN(C(=O)Cc2cccc(OC)c2)C1. The van der Waals surface area contributed by atoms with Crippen molar-refractivity contribution in [3.8, 4) is 5.75 Å². The lowest BCUT2D eigenvalue weighted by Crippen LogP contribution is -2.41. The molecule has 2 heterocycles. The van der Waals surface area contributed by atoms with Gasteiger partial charge in [0.2, 0.25) is 5.91 Å². The van der Waals surface area contributed by atoms with Crippen molar-refractivity contribution in [1.82, 2.24) is 14.9 Å². The highest BCUT2D eigenvalue weighted by Crippen LogP contribution is 2.23. The van der Waals surface area contributed by atoms with Crippen molar-refractivity contribution in [3.63, 3.8) is 0 Å². The zero-order chi connectivity index (χ0) is 18.4. The van der Waals surface area contributed by atoms with Gasteiger partial charge in [-0.15, -0.1) is 0 Å². The fraction of sp³-hybridized carbons (Fsp3) is 0.450. The Kier molecular flexibility index (Phi) is 6.04. The van der Waals surface area contributed by atoms with Gasteiger partial charge >= 0.3 is 0 Å². The predicted molar refractivity (Wildman–Crippen MR) is 101 cm³/mol. The summed E-state index contributed by atoms with van der Waals surface area (Å²) < 4.78 is 5.24. The van der Waals surface area contributed by atoms with E-state index in [0.717, 1.165) is 55.2 Å². The van der Waals surface area contributed by atoms with E-state index in [2.05, 4.69) is 15.3 Å². The first-order chi connectivity index (χ1) is 12.7. The van der Waals surface area contributed by atoms with Crippen LogP contribution in [0.5, 0.6) is 5.75 Å². The molecule has 26 heavy (non-hydrogen) atoms. The van der Waals surface area contributed by atoms with Gasteiger partial charge in [-0.1, -0.05) is 12.1 Å². The number of nitrogens with one attached hydrogen (secondary N) is 1. The van der Waals surface area contributed by atoms with Crippen molar-refractivity contribution in [2.24, 2.45) is 5.92 Å². The third kappa shape index (κ3) is 4.50. The van der Waals surface area contributed by atoms with Gasteiger partial charge in [-0.2, -0.15) is 0 Å². The summed E-state index contributed by atoms with van der Waals surface area (Å²) in [5.74, 6) is 2.21. The lowest BCUT2D eigenvalue weighted by Gasteiger charge is -2.33. The molecule has 1 fully saturated rings. The zero-order valence-corrected chi connectivity index (χ0v) is 15.4. The van der Waals surface area contributed by atoms with Crippen LogP contribution in [0.3, 0.4) is 0 Å². The van der Waals surface area contributed by atoms with Crippen LogP contribution in [0.4, 0.5) is 5.82 Å². The average molecular weight is 354 g/mol. The standard InChI is InChI=1S/C20H26N4O2/c1-21-20-18(22-8-9-23-20)12-16-6-4-10-24(14-16)19(25)13-15-5-3-7-17(11-15)26-2/h3,5,7-9,11,16H,4,6,10,12-14H2,1-2H3,(H,21,23). The van der Waals surface area contributed by atoms with Crippen LogP contribution < -0.4 is 10.1 Å². The second-order valence-corrected chi connectivity index (χ2v) is 6.68. The quantitative estimate of drug-likeness (QED) is 0.863. The summed E-state index contributed by atoms with van der Waals surface area (Å²) in [5.41, 5.74) is 1.96. The number of carbonyl (C=O) groups is 1. The van der Waals surface area contributed by atoms with Gasteiger partial charge < -0.3 is 15.0 Å². The van der Waals surface area contributed by atoms with Crippen molar-refractivity contribution < 1.29 is 9.53 Å². The highest BCUT2D eigenvalue weighted by molar-refractivity contribution is 5.79. The minimum absolute atomic E-state index is 0.177. The van der Waals surface area contributed by atoms with Crippen molar-refractivity contribution in [3.05, 3.63) is 47.9 Å². The molecule has 2 aromatic rings. The maximum absolute atomic E-state index is 12.7. The lowest BCUT2D eigenvalue weighted by molar-refractivity contribution is -0.132. The Balaban J connectivity index is 1.61. The molecule has 0 aliphatic carbocycles. The molecule has 3 rings (SSSR count). The van der Waals surface area contributed by atoms with Crippen LogP contribution in [0.2, 0.25) is 0 Å². The first-order valence-corrected chi connectivity index (χ1v) is 9.08. The van der Waals surface area contributed by atoms with Crippen molar-refractivity contribution >= 4 is 11.7 Å². The van der Waals surface area contributed by atoms with E-state index in [4.69, 9.17) is 4.74 Å². The molecule has 0 bridgehead atoms. The van der Waals surface area contributed by atoms with Crippen LogP contribution in [-0.4, -0.2) is 48.0 Å². The molecule has 0 radical (unpaired) electrons. The molecule has 0 spiro atoms. The van der Waals surface area contributed by atoms with E-state index in [-0.39, 0.29) is 5.91 Å². The second kappa shape index (κ2) is 8.65. The van der Waals surface area contributed by atoms with Crippen LogP contribution in [0.25, 0.3) is 0 Å². The molecule has 1 aliphatic heterocycles. The van der Waals surface area contributed by atoms with Gasteiger partial charge in [-0.3, -0.25) is 9.78 Å². The van der Waals surface area contributed by atoms with Gasteiger partial charge in [0.15, 0.2) is 0 Å². The van der Waals surface area contributed by atoms with Gasteiger partial charge in [-0.25, -0.2) is 4.98 Å². The molecule has 1 unspecified atom stereocenters. The molecule has 0 saturated carbocycles. The average Bonchev–Trinajstić information content (AvgIpc) is 2.69. The number of piperidine rings is 1. The first kappa shape index (κ1) is 18.2. The van der Waals surface area contributed by atoms with E-state index in [1.807, 2.05) is 36.2 Å². The Morgan fingerprint density at radius 3 is 3.00 bits per heavy atom. The number of methoxy groups -OCH3 is 1. The maximum Gasteiger partial charge on any atom is 0.227 e. The van der Waals surface area contributed by atoms with Crippen molar-refractivity contribution in [2.45, 2.75) is 25.7 Å². The summed E-state index contributed by atoms with van der Waals surface area (Å²) in [6.45, 7) is 1.61. The van der Waals surface area contributed by atoms with Crippen LogP contribution in [0, 0.1) is 5.92 Å². The number of carbonyl (C=O) groups excluding carboxylic acids is 1. The molecule has 1 aliphatic rings. The van der Waals surface area contributed by atoms with E-state index in [9.17, 15) is 4.79 Å². The number of amides is 1. The Morgan fingerprint density at radius 2 is 2.19 bits per heavy atom. The normalized spacial score (nSPS) is 17.0. The molecule has 6 nitrogen and oxygen atoms in total. The van der Waals surface area contributed by atoms with Crippen molar-refractivity contribution in [1.29, 1.82) is 0 Å². The molecule has 1 N–H and O–H groups in total. The van der Waals surface area contributed by atoms with Crippen LogP contribution >= 0.6 is 0 Å². The molecular weight excluding hydrogens is 328 g/mol. The molecular formula is C20H26N4O2. The summed E-state index contributed by atoms with van der Waals surface area (Å²) in [7, 11) is 3.50. The number of benzene rings is 1. The molecule has 1 amide bonds. The van der Waals surface area contributed by atoms with Crippen LogP contribution in [-0.2, 0) is 17.6 Å². The highest BCUT2D eigenvalue weighted by atomic mass is 16.5. The van der Waals surface area contributed by atoms with E-state index < -0.39 is 0 Å². The van der Waals surface area contributed by atoms with E-state index >= 15 is 0 Å². The Bertz CT molecular complexity index is 750. The molecule has 6 heteroatoms. The fourth-order valence-corrected chi connectivity index (χ4v) is 3.53. The largest absolute Gasteiger partial charge is 0.497 e. The predicted octanol–water partition coefficient (Wildman–Crippen LogP) is 2.55. The third-order valence-electron chi connectivity index (χ3n) is 4.85. The minimum atomic E-state index is 0.177. The van der Waals surface area contributed by atoms with Crippen LogP contribution in [0.1, 0.15) is 24.1 Å². The number of hydrogen-bond donors (Lipinski definition) is 1. The first-order valence-electron chi connectivity index (χ1n) is 9.08. The van der Waals surface area contributed by atoms with Gasteiger partial charge in [0.25, 0.3) is 0 Å². The second-order valence-electron chi connectivity index (χ2n) is 6.68. The zero-order valence-electron chi connectivity index (χ0n) is 15.4. The molecule has 1 aromatic carbocycles. The molecule has 1 saturated heterocycles. The molecule has 1 aromatic heterocycles. The number of hydrogen-bond acceptors (Lipinski definition) is 5. The number of aromatic nitrogens is 2. The van der Waals surface area contributed by atoms with E-state index in [1.165, 1.54) is 0 Å². The van der Waals surface area contributed by atoms with Gasteiger partial charge in [0.05, 0.1) is 19.2 Å². The number of likely N-dealkylation sites (tertiary alicyclic amines) is 1. The van der Waals surface area contributed by atoms with Crippen molar-refractivity contribution in [2.75, 3.05) is 32.6 Å². The smallest absolute Gasteiger partial charge is 0.227 e. The van der Waals surface area contributed by atoms with Gasteiger partial charge in [0, 0.05) is 32.5 Å². The molecule has 138 valence electrons. The lowest BCUT2D eigenvalue weighted by atomic mass is 9.92. The van der Waals surface area contributed by atoms with E-state index in [1.54, 1.807) is 19.5 Å². The Hall–Kier alpha value is -2.63. The molecule has 1 atom stereocenters. The third-order valence-corrected chi connectivity index (χ3v) is 4.85. The van der Waals surface area contributed by atoms with Gasteiger partial charge in [0.1, 0.15) is 11.6 Å². The van der Waals surface area contributed by atoms with Crippen LogP contribution in [0.15, 0.2) is 36.7 Å². The maximum atomic E-state index is 12.7. The summed E-state index contributed by atoms with van der Waals surface area (Å²) in [4.78, 5) is 23.5. The summed E-state index contributed by atoms with van der Waals surface area (Å²) in [6, 6.07) is 7.72. The van der Waals surface area contributed by atoms with Gasteiger partial charge in [-0.05, 0) is 42.9 Å². The fourth-order valence-electron chi connectivity index (χ4n) is 3.53. The number of rotatable bonds is 6. The topological polar surface area (TPSA) is 67.4 Å². The monoisotopic (exact) mass is 354 g/mol. The highest BCUT2D eigenvalue weighted by Gasteiger charge is 2.25. The Labute approximate surface area is 154 Å². The Morgan fingerprint density at radius 1 is 1.35 bits per heavy atom. The minimum Gasteiger partial charge on any atom is -0.497 e. The summed E-state index contributed by atoms with van der Waals surface area (Å²) >= 11 is 0. The van der Waals surface area contributed by atoms with E-state index in [0.29, 0.717) is 12.3 Å².